The molecule has 0 atom stereocenters. The summed E-state index contributed by atoms with van der Waals surface area (Å²) in [6, 6.07) is 7.44. The molecule has 0 radical (unpaired) electrons. The van der Waals surface area contributed by atoms with Gasteiger partial charge in [-0.15, -0.1) is 0 Å². The first-order valence-electron chi connectivity index (χ1n) is 6.66. The number of benzene rings is 2. The highest BCUT2D eigenvalue weighted by molar-refractivity contribution is 7.91. The molecule has 0 spiro atoms. The van der Waals surface area contributed by atoms with Gasteiger partial charge in [0.1, 0.15) is 0 Å². The summed E-state index contributed by atoms with van der Waals surface area (Å²) in [6.45, 7) is 3.93. The molecule has 0 bridgehead atoms. The molecule has 0 amide bonds. The quantitative estimate of drug-likeness (QED) is 0.798. The van der Waals surface area contributed by atoms with Gasteiger partial charge in [-0.05, 0) is 54.8 Å². The van der Waals surface area contributed by atoms with Crippen LogP contribution in [0.5, 0.6) is 0 Å². The van der Waals surface area contributed by atoms with Crippen LogP contribution in [0.15, 0.2) is 46.2 Å². The molecule has 0 aromatic heterocycles. The van der Waals surface area contributed by atoms with Gasteiger partial charge in [-0.3, -0.25) is 0 Å². The Bertz CT molecular complexity index is 768. The summed E-state index contributed by atoms with van der Waals surface area (Å²) in [5.74, 6) is -2.23. The van der Waals surface area contributed by atoms with Crippen molar-refractivity contribution in [3.8, 4) is 0 Å². The lowest BCUT2D eigenvalue weighted by Crippen LogP contribution is -2.04. The van der Waals surface area contributed by atoms with Gasteiger partial charge >= 0.3 is 0 Å². The van der Waals surface area contributed by atoms with Crippen LogP contribution in [-0.2, 0) is 16.3 Å². The van der Waals surface area contributed by atoms with E-state index in [9.17, 15) is 17.2 Å². The predicted molar refractivity (Wildman–Crippen MR) is 77.0 cm³/mol. The van der Waals surface area contributed by atoms with Crippen molar-refractivity contribution in [2.45, 2.75) is 36.5 Å². The molecule has 0 N–H and O–H groups in total. The molecule has 21 heavy (non-hydrogen) atoms. The van der Waals surface area contributed by atoms with Crippen molar-refractivity contribution in [1.29, 1.82) is 0 Å². The van der Waals surface area contributed by atoms with Gasteiger partial charge in [0.2, 0.25) is 9.84 Å². The normalized spacial score (nSPS) is 11.6. The second kappa shape index (κ2) is 5.93. The van der Waals surface area contributed by atoms with Crippen LogP contribution in [0, 0.1) is 18.6 Å². The lowest BCUT2D eigenvalue weighted by molar-refractivity contribution is 0.504. The first-order chi connectivity index (χ1) is 9.86. The Morgan fingerprint density at radius 1 is 0.952 bits per heavy atom. The molecule has 0 unspecified atom stereocenters. The largest absolute Gasteiger partial charge is 0.219 e. The molecule has 2 nitrogen and oxygen atoms in total. The highest BCUT2D eigenvalue weighted by Gasteiger charge is 2.20. The van der Waals surface area contributed by atoms with Gasteiger partial charge in [-0.1, -0.05) is 19.4 Å². The van der Waals surface area contributed by atoms with Crippen LogP contribution in [0.2, 0.25) is 0 Å². The number of rotatable bonds is 4. The Labute approximate surface area is 123 Å². The number of hydrogen-bond donors (Lipinski definition) is 0. The van der Waals surface area contributed by atoms with Crippen molar-refractivity contribution in [3.05, 3.63) is 59.2 Å². The van der Waals surface area contributed by atoms with Gasteiger partial charge in [0, 0.05) is 0 Å². The van der Waals surface area contributed by atoms with E-state index in [2.05, 4.69) is 0 Å². The molecule has 0 saturated heterocycles. The molecule has 0 fully saturated rings. The van der Waals surface area contributed by atoms with E-state index in [0.717, 1.165) is 36.1 Å². The summed E-state index contributed by atoms with van der Waals surface area (Å²) in [6.07, 6.45) is 1.67. The number of halogens is 2. The van der Waals surface area contributed by atoms with Crippen molar-refractivity contribution >= 4 is 9.84 Å². The Hall–Kier alpha value is -1.75. The highest BCUT2D eigenvalue weighted by Crippen LogP contribution is 2.25. The fourth-order valence-electron chi connectivity index (χ4n) is 2.13. The minimum atomic E-state index is -3.84. The second-order valence-corrected chi connectivity index (χ2v) is 6.87. The van der Waals surface area contributed by atoms with Crippen LogP contribution < -0.4 is 0 Å². The van der Waals surface area contributed by atoms with E-state index in [1.54, 1.807) is 12.1 Å². The van der Waals surface area contributed by atoms with Crippen molar-refractivity contribution < 1.29 is 17.2 Å². The summed E-state index contributed by atoms with van der Waals surface area (Å²) in [5, 5.41) is 0. The van der Waals surface area contributed by atoms with Gasteiger partial charge in [-0.2, -0.15) is 0 Å². The number of hydrogen-bond acceptors (Lipinski definition) is 2. The molecule has 0 aliphatic rings. The number of sulfone groups is 1. The monoisotopic (exact) mass is 310 g/mol. The van der Waals surface area contributed by atoms with Crippen molar-refractivity contribution in [1.82, 2.24) is 0 Å². The molecule has 2 rings (SSSR count). The van der Waals surface area contributed by atoms with Crippen molar-refractivity contribution in [3.63, 3.8) is 0 Å². The maximum atomic E-state index is 13.2. The molecular formula is C16H16F2O2S. The smallest absolute Gasteiger partial charge is 0.206 e. The zero-order valence-corrected chi connectivity index (χ0v) is 12.7. The summed E-state index contributed by atoms with van der Waals surface area (Å²) in [7, 11) is -3.84. The average Bonchev–Trinajstić information content (AvgIpc) is 2.44. The first kappa shape index (κ1) is 15.6. The molecule has 2 aromatic rings. The molecule has 112 valence electrons. The molecule has 0 aliphatic carbocycles. The molecule has 0 saturated carbocycles. The third-order valence-corrected chi connectivity index (χ3v) is 5.10. The summed E-state index contributed by atoms with van der Waals surface area (Å²) in [4.78, 5) is -0.143. The molecular weight excluding hydrogens is 294 g/mol. The average molecular weight is 310 g/mol. The minimum Gasteiger partial charge on any atom is -0.219 e. The van der Waals surface area contributed by atoms with Crippen molar-refractivity contribution in [2.24, 2.45) is 0 Å². The summed E-state index contributed by atoms with van der Waals surface area (Å²) in [5.41, 5.74) is 1.96. The molecule has 0 heterocycles. The Balaban J connectivity index is 2.53. The van der Waals surface area contributed by atoms with Gasteiger partial charge in [0.05, 0.1) is 9.79 Å². The van der Waals surface area contributed by atoms with E-state index in [0.29, 0.717) is 6.07 Å². The summed E-state index contributed by atoms with van der Waals surface area (Å²) < 4.78 is 51.1. The zero-order chi connectivity index (χ0) is 15.6. The van der Waals surface area contributed by atoms with E-state index >= 15 is 0 Å². The lowest BCUT2D eigenvalue weighted by Gasteiger charge is -2.09. The van der Waals surface area contributed by atoms with Gasteiger partial charge in [0.25, 0.3) is 0 Å². The SMILES string of the molecule is CCCc1cc(S(=O)(=O)c2ccc(F)c(F)c2)ccc1C. The lowest BCUT2D eigenvalue weighted by atomic mass is 10.0. The third-order valence-electron chi connectivity index (χ3n) is 3.35. The Morgan fingerprint density at radius 2 is 1.57 bits per heavy atom. The highest BCUT2D eigenvalue weighted by atomic mass is 32.2. The van der Waals surface area contributed by atoms with E-state index in [-0.39, 0.29) is 9.79 Å². The van der Waals surface area contributed by atoms with E-state index in [1.807, 2.05) is 13.8 Å². The molecule has 5 heteroatoms. The fraction of sp³-hybridized carbons (Fsp3) is 0.250. The van der Waals surface area contributed by atoms with E-state index in [1.165, 1.54) is 6.07 Å². The maximum absolute atomic E-state index is 13.2. The fourth-order valence-corrected chi connectivity index (χ4v) is 3.46. The van der Waals surface area contributed by atoms with Gasteiger partial charge < -0.3 is 0 Å². The van der Waals surface area contributed by atoms with Crippen LogP contribution in [0.3, 0.4) is 0 Å². The van der Waals surface area contributed by atoms with Crippen LogP contribution in [0.1, 0.15) is 24.5 Å². The zero-order valence-electron chi connectivity index (χ0n) is 11.9. The van der Waals surface area contributed by atoms with Crippen LogP contribution in [-0.4, -0.2) is 8.42 Å². The standard InChI is InChI=1S/C16H16F2O2S/c1-3-4-12-9-13(6-5-11(12)2)21(19,20)14-7-8-15(17)16(18)10-14/h5-10H,3-4H2,1-2H3. The Morgan fingerprint density at radius 3 is 2.19 bits per heavy atom. The van der Waals surface area contributed by atoms with Gasteiger partial charge in [-0.25, -0.2) is 17.2 Å². The summed E-state index contributed by atoms with van der Waals surface area (Å²) >= 11 is 0. The predicted octanol–water partition coefficient (Wildman–Crippen LogP) is 4.06. The van der Waals surface area contributed by atoms with Crippen molar-refractivity contribution in [2.75, 3.05) is 0 Å². The van der Waals surface area contributed by atoms with E-state index in [4.69, 9.17) is 0 Å². The van der Waals surface area contributed by atoms with Crippen LogP contribution in [0.25, 0.3) is 0 Å². The minimum absolute atomic E-state index is 0.0996. The first-order valence-corrected chi connectivity index (χ1v) is 8.14. The maximum Gasteiger partial charge on any atom is 0.206 e. The van der Waals surface area contributed by atoms with Gasteiger partial charge in [0.15, 0.2) is 11.6 Å². The number of aryl methyl sites for hydroxylation is 2. The Kier molecular flexibility index (Phi) is 4.42. The molecule has 0 aliphatic heterocycles. The van der Waals surface area contributed by atoms with Crippen LogP contribution >= 0.6 is 0 Å². The third kappa shape index (κ3) is 3.13. The molecule has 2 aromatic carbocycles. The van der Waals surface area contributed by atoms with E-state index < -0.39 is 21.5 Å². The topological polar surface area (TPSA) is 34.1 Å². The van der Waals surface area contributed by atoms with Crippen LogP contribution in [0.4, 0.5) is 8.78 Å². The second-order valence-electron chi connectivity index (χ2n) is 4.92.